The quantitative estimate of drug-likeness (QED) is 0.567. The first-order chi connectivity index (χ1) is 6.72. The standard InChI is InChI=1S/C11H14N2O/c1-2-3-7-11(14)13-10-6-4-5-9(12)8-10/h3-8H,2,12H2,1H3,(H,13,14)/b7-3+. The van der Waals surface area contributed by atoms with Crippen molar-refractivity contribution in [2.45, 2.75) is 13.3 Å². The summed E-state index contributed by atoms with van der Waals surface area (Å²) in [5.41, 5.74) is 6.92. The minimum absolute atomic E-state index is 0.127. The van der Waals surface area contributed by atoms with Crippen LogP contribution in [0.1, 0.15) is 13.3 Å². The first kappa shape index (κ1) is 10.3. The molecule has 3 heteroatoms. The van der Waals surface area contributed by atoms with Gasteiger partial charge in [-0.25, -0.2) is 0 Å². The molecule has 3 N–H and O–H groups in total. The third-order valence-electron chi connectivity index (χ3n) is 1.66. The van der Waals surface area contributed by atoms with Gasteiger partial charge in [0.1, 0.15) is 0 Å². The third kappa shape index (κ3) is 3.31. The van der Waals surface area contributed by atoms with Crippen LogP contribution in [0.5, 0.6) is 0 Å². The van der Waals surface area contributed by atoms with E-state index in [1.54, 1.807) is 24.3 Å². The zero-order valence-electron chi connectivity index (χ0n) is 8.16. The van der Waals surface area contributed by atoms with Gasteiger partial charge in [0.2, 0.25) is 5.91 Å². The van der Waals surface area contributed by atoms with E-state index in [0.29, 0.717) is 5.69 Å². The Morgan fingerprint density at radius 1 is 1.57 bits per heavy atom. The average Bonchev–Trinajstić information content (AvgIpc) is 2.15. The van der Waals surface area contributed by atoms with E-state index in [0.717, 1.165) is 12.1 Å². The number of nitrogens with two attached hydrogens (primary N) is 1. The topological polar surface area (TPSA) is 55.1 Å². The number of amides is 1. The molecule has 0 fully saturated rings. The van der Waals surface area contributed by atoms with E-state index in [1.165, 1.54) is 6.08 Å². The van der Waals surface area contributed by atoms with Crippen molar-refractivity contribution in [3.63, 3.8) is 0 Å². The number of rotatable bonds is 3. The normalized spacial score (nSPS) is 10.4. The molecule has 1 amide bonds. The van der Waals surface area contributed by atoms with Crippen LogP contribution in [0, 0.1) is 0 Å². The maximum Gasteiger partial charge on any atom is 0.248 e. The summed E-state index contributed by atoms with van der Waals surface area (Å²) < 4.78 is 0. The molecule has 0 radical (unpaired) electrons. The first-order valence-electron chi connectivity index (χ1n) is 4.55. The fraction of sp³-hybridized carbons (Fsp3) is 0.182. The summed E-state index contributed by atoms with van der Waals surface area (Å²) in [6, 6.07) is 7.09. The van der Waals surface area contributed by atoms with Crippen LogP contribution in [0.15, 0.2) is 36.4 Å². The van der Waals surface area contributed by atoms with Crippen LogP contribution in [-0.2, 0) is 4.79 Å². The Kier molecular flexibility index (Phi) is 3.73. The molecule has 0 heterocycles. The lowest BCUT2D eigenvalue weighted by Gasteiger charge is -2.02. The summed E-state index contributed by atoms with van der Waals surface area (Å²) in [5, 5.41) is 2.71. The van der Waals surface area contributed by atoms with Gasteiger partial charge < -0.3 is 11.1 Å². The Balaban J connectivity index is 2.60. The maximum absolute atomic E-state index is 11.2. The highest BCUT2D eigenvalue weighted by Gasteiger charge is 1.96. The van der Waals surface area contributed by atoms with Gasteiger partial charge in [-0.2, -0.15) is 0 Å². The molecule has 1 aromatic rings. The number of allylic oxidation sites excluding steroid dienone is 1. The van der Waals surface area contributed by atoms with Crippen molar-refractivity contribution in [1.82, 2.24) is 0 Å². The number of carbonyl (C=O) groups is 1. The second-order valence-corrected chi connectivity index (χ2v) is 2.93. The summed E-state index contributed by atoms with van der Waals surface area (Å²) in [5.74, 6) is -0.127. The summed E-state index contributed by atoms with van der Waals surface area (Å²) >= 11 is 0. The summed E-state index contributed by atoms with van der Waals surface area (Å²) in [7, 11) is 0. The molecule has 3 nitrogen and oxygen atoms in total. The fourth-order valence-corrected chi connectivity index (χ4v) is 1.03. The second-order valence-electron chi connectivity index (χ2n) is 2.93. The van der Waals surface area contributed by atoms with Crippen molar-refractivity contribution >= 4 is 17.3 Å². The molecule has 0 saturated heterocycles. The van der Waals surface area contributed by atoms with Crippen LogP contribution in [0.3, 0.4) is 0 Å². The molecule has 0 aliphatic rings. The van der Waals surface area contributed by atoms with Gasteiger partial charge in [0.15, 0.2) is 0 Å². The Labute approximate surface area is 83.6 Å². The van der Waals surface area contributed by atoms with Crippen molar-refractivity contribution in [2.24, 2.45) is 0 Å². The number of nitrogens with one attached hydrogen (secondary N) is 1. The van der Waals surface area contributed by atoms with Gasteiger partial charge >= 0.3 is 0 Å². The van der Waals surface area contributed by atoms with Crippen LogP contribution >= 0.6 is 0 Å². The highest BCUT2D eigenvalue weighted by Crippen LogP contribution is 2.11. The lowest BCUT2D eigenvalue weighted by molar-refractivity contribution is -0.111. The van der Waals surface area contributed by atoms with Gasteiger partial charge in [0, 0.05) is 11.4 Å². The highest BCUT2D eigenvalue weighted by atomic mass is 16.1. The third-order valence-corrected chi connectivity index (χ3v) is 1.66. The van der Waals surface area contributed by atoms with Crippen molar-refractivity contribution in [3.8, 4) is 0 Å². The van der Waals surface area contributed by atoms with Gasteiger partial charge in [-0.3, -0.25) is 4.79 Å². The zero-order valence-corrected chi connectivity index (χ0v) is 8.16. The number of anilines is 2. The summed E-state index contributed by atoms with van der Waals surface area (Å²) in [6.45, 7) is 1.98. The Bertz CT molecular complexity index is 345. The Morgan fingerprint density at radius 2 is 2.36 bits per heavy atom. The van der Waals surface area contributed by atoms with Gasteiger partial charge in [-0.15, -0.1) is 0 Å². The van der Waals surface area contributed by atoms with Gasteiger partial charge in [0.05, 0.1) is 0 Å². The lowest BCUT2D eigenvalue weighted by atomic mass is 10.3. The van der Waals surface area contributed by atoms with E-state index in [4.69, 9.17) is 5.73 Å². The second kappa shape index (κ2) is 5.07. The van der Waals surface area contributed by atoms with Crippen LogP contribution in [-0.4, -0.2) is 5.91 Å². The van der Waals surface area contributed by atoms with Crippen molar-refractivity contribution in [3.05, 3.63) is 36.4 Å². The van der Waals surface area contributed by atoms with Crippen LogP contribution in [0.25, 0.3) is 0 Å². The fourth-order valence-electron chi connectivity index (χ4n) is 1.03. The van der Waals surface area contributed by atoms with Gasteiger partial charge in [-0.1, -0.05) is 19.1 Å². The number of benzene rings is 1. The van der Waals surface area contributed by atoms with E-state index in [2.05, 4.69) is 5.32 Å². The SMILES string of the molecule is CC/C=C/C(=O)Nc1cccc(N)c1. The first-order valence-corrected chi connectivity index (χ1v) is 4.55. The Hall–Kier alpha value is -1.77. The molecule has 0 aliphatic carbocycles. The molecule has 0 saturated carbocycles. The van der Waals surface area contributed by atoms with E-state index in [-0.39, 0.29) is 5.91 Å². The monoisotopic (exact) mass is 190 g/mol. The molecule has 1 aromatic carbocycles. The van der Waals surface area contributed by atoms with E-state index in [1.807, 2.05) is 13.0 Å². The average molecular weight is 190 g/mol. The Morgan fingerprint density at radius 3 is 3.00 bits per heavy atom. The summed E-state index contributed by atoms with van der Waals surface area (Å²) in [6.07, 6.45) is 4.18. The predicted molar refractivity (Wildman–Crippen MR) is 58.9 cm³/mol. The smallest absolute Gasteiger partial charge is 0.248 e. The largest absolute Gasteiger partial charge is 0.399 e. The molecule has 1 rings (SSSR count). The number of nitrogen functional groups attached to an aromatic ring is 1. The molecule has 14 heavy (non-hydrogen) atoms. The van der Waals surface area contributed by atoms with Gasteiger partial charge in [0.25, 0.3) is 0 Å². The molecule has 0 aliphatic heterocycles. The predicted octanol–water partition coefficient (Wildman–Crippen LogP) is 2.17. The van der Waals surface area contributed by atoms with Gasteiger partial charge in [-0.05, 0) is 30.7 Å². The van der Waals surface area contributed by atoms with Crippen LogP contribution in [0.4, 0.5) is 11.4 Å². The van der Waals surface area contributed by atoms with Crippen molar-refractivity contribution < 1.29 is 4.79 Å². The van der Waals surface area contributed by atoms with Crippen molar-refractivity contribution in [2.75, 3.05) is 11.1 Å². The number of hydrogen-bond acceptors (Lipinski definition) is 2. The molecule has 0 unspecified atom stereocenters. The highest BCUT2D eigenvalue weighted by molar-refractivity contribution is 5.99. The molecular weight excluding hydrogens is 176 g/mol. The van der Waals surface area contributed by atoms with E-state index in [9.17, 15) is 4.79 Å². The van der Waals surface area contributed by atoms with Crippen LogP contribution < -0.4 is 11.1 Å². The molecule has 0 aromatic heterocycles. The van der Waals surface area contributed by atoms with E-state index >= 15 is 0 Å². The summed E-state index contributed by atoms with van der Waals surface area (Å²) in [4.78, 5) is 11.2. The maximum atomic E-state index is 11.2. The van der Waals surface area contributed by atoms with E-state index < -0.39 is 0 Å². The minimum atomic E-state index is -0.127. The molecular formula is C11H14N2O. The number of carbonyl (C=O) groups excluding carboxylic acids is 1. The minimum Gasteiger partial charge on any atom is -0.399 e. The van der Waals surface area contributed by atoms with Crippen molar-refractivity contribution in [1.29, 1.82) is 0 Å². The zero-order chi connectivity index (χ0) is 10.4. The molecule has 0 spiro atoms. The molecule has 74 valence electrons. The van der Waals surface area contributed by atoms with Crippen LogP contribution in [0.2, 0.25) is 0 Å². The number of hydrogen-bond donors (Lipinski definition) is 2. The molecule has 0 atom stereocenters. The lowest BCUT2D eigenvalue weighted by Crippen LogP contribution is -2.07. The molecule has 0 bridgehead atoms.